The van der Waals surface area contributed by atoms with Crippen LogP contribution in [0.2, 0.25) is 20.1 Å². The van der Waals surface area contributed by atoms with E-state index >= 15 is 0 Å². The smallest absolute Gasteiger partial charge is 0.412 e. The quantitative estimate of drug-likeness (QED) is 0.259. The van der Waals surface area contributed by atoms with Crippen molar-refractivity contribution in [2.75, 3.05) is 23.8 Å². The highest BCUT2D eigenvalue weighted by Gasteiger charge is 2.18. The fraction of sp³-hybridized carbons (Fsp3) is 0.417. The largest absolute Gasteiger partial charge is 0.505 e. The van der Waals surface area contributed by atoms with Gasteiger partial charge in [-0.1, -0.05) is 46.4 Å². The van der Waals surface area contributed by atoms with E-state index in [0.717, 1.165) is 0 Å². The Bertz CT molecular complexity index is 1050. The van der Waals surface area contributed by atoms with Crippen molar-refractivity contribution < 1.29 is 34.0 Å². The fourth-order valence-electron chi connectivity index (χ4n) is 2.40. The summed E-state index contributed by atoms with van der Waals surface area (Å²) in [7, 11) is 0. The molecule has 0 aliphatic carbocycles. The van der Waals surface area contributed by atoms with Gasteiger partial charge in [-0.2, -0.15) is 0 Å². The fourth-order valence-corrected chi connectivity index (χ4v) is 3.48. The Morgan fingerprint density at radius 3 is 1.43 bits per heavy atom. The van der Waals surface area contributed by atoms with Crippen LogP contribution < -0.4 is 15.4 Å². The molecular formula is C24H30Cl4N2O7. The molecule has 37 heavy (non-hydrogen) atoms. The molecule has 206 valence electrons. The van der Waals surface area contributed by atoms with Crippen LogP contribution in [0.15, 0.2) is 24.3 Å². The minimum absolute atomic E-state index is 0.0589. The number of aliphatic hydroxyl groups excluding tert-OH is 1. The molecule has 0 aliphatic rings. The highest BCUT2D eigenvalue weighted by molar-refractivity contribution is 6.38. The van der Waals surface area contributed by atoms with E-state index in [4.69, 9.17) is 65.7 Å². The van der Waals surface area contributed by atoms with Gasteiger partial charge in [-0.3, -0.25) is 10.6 Å². The molecule has 0 aliphatic heterocycles. The van der Waals surface area contributed by atoms with Gasteiger partial charge in [0.2, 0.25) is 0 Å². The summed E-state index contributed by atoms with van der Waals surface area (Å²) in [6.07, 6.45) is -1.22. The van der Waals surface area contributed by atoms with E-state index in [9.17, 15) is 14.7 Å². The molecule has 2 aromatic rings. The van der Waals surface area contributed by atoms with Crippen molar-refractivity contribution in [1.29, 1.82) is 0 Å². The van der Waals surface area contributed by atoms with Gasteiger partial charge in [0.05, 0.1) is 26.7 Å². The highest BCUT2D eigenvalue weighted by atomic mass is 35.5. The second kappa shape index (κ2) is 14.0. The molecule has 2 rings (SSSR count). The molecule has 0 fully saturated rings. The average Bonchev–Trinajstić information content (AvgIpc) is 2.69. The molecule has 0 spiro atoms. The standard InChI is InChI=1S/C13H17Cl2NO4.C11H13Cl2NO3/c1-13(2,3)20-12(18)16-8-6-9(14)11(10(15)7-8)19-5-4-17;1-11(2,3)17-10(16)14-6-4-7(12)9(15)8(13)5-6/h6-7,17H,4-5H2,1-3H3,(H,16,18);4-5,15H,1-3H3,(H,14,16). The number of aromatic hydroxyl groups is 1. The van der Waals surface area contributed by atoms with Crippen molar-refractivity contribution in [2.24, 2.45) is 0 Å². The van der Waals surface area contributed by atoms with E-state index in [2.05, 4.69) is 10.6 Å². The number of benzene rings is 2. The lowest BCUT2D eigenvalue weighted by molar-refractivity contribution is 0.0624. The molecule has 0 saturated heterocycles. The van der Waals surface area contributed by atoms with Crippen LogP contribution in [0.5, 0.6) is 11.5 Å². The van der Waals surface area contributed by atoms with E-state index in [-0.39, 0.29) is 44.8 Å². The Hall–Kier alpha value is -2.30. The second-order valence-corrected chi connectivity index (χ2v) is 11.0. The third kappa shape index (κ3) is 12.7. The van der Waals surface area contributed by atoms with Gasteiger partial charge in [-0.15, -0.1) is 0 Å². The third-order valence-corrected chi connectivity index (χ3v) is 4.78. The molecule has 0 unspecified atom stereocenters. The minimum atomic E-state index is -0.615. The Balaban J connectivity index is 0.000000375. The van der Waals surface area contributed by atoms with Crippen LogP contribution in [0, 0.1) is 0 Å². The zero-order chi connectivity index (χ0) is 28.6. The van der Waals surface area contributed by atoms with Crippen LogP contribution in [0.25, 0.3) is 0 Å². The maximum Gasteiger partial charge on any atom is 0.412 e. The number of carbonyl (C=O) groups is 2. The summed E-state index contributed by atoms with van der Waals surface area (Å²) in [4.78, 5) is 23.1. The normalized spacial score (nSPS) is 11.1. The topological polar surface area (TPSA) is 126 Å². The SMILES string of the molecule is CC(C)(C)OC(=O)Nc1cc(Cl)c(O)c(Cl)c1.CC(C)(C)OC(=O)Nc1cc(Cl)c(OCCO)c(Cl)c1. The number of phenols is 1. The molecule has 0 aromatic heterocycles. The van der Waals surface area contributed by atoms with Gasteiger partial charge in [0, 0.05) is 11.4 Å². The number of ether oxygens (including phenoxy) is 3. The van der Waals surface area contributed by atoms with Crippen LogP contribution in [-0.2, 0) is 9.47 Å². The monoisotopic (exact) mass is 598 g/mol. The van der Waals surface area contributed by atoms with E-state index in [1.54, 1.807) is 41.5 Å². The predicted molar refractivity (Wildman–Crippen MR) is 147 cm³/mol. The minimum Gasteiger partial charge on any atom is -0.505 e. The Kier molecular flexibility index (Phi) is 12.4. The number of halogens is 4. The maximum atomic E-state index is 11.6. The number of aliphatic hydroxyl groups is 1. The third-order valence-electron chi connectivity index (χ3n) is 3.64. The first-order valence-electron chi connectivity index (χ1n) is 10.8. The number of nitrogens with one attached hydrogen (secondary N) is 2. The molecule has 0 saturated carbocycles. The Morgan fingerprint density at radius 1 is 0.757 bits per heavy atom. The zero-order valence-corrected chi connectivity index (χ0v) is 24.2. The number of anilines is 2. The summed E-state index contributed by atoms with van der Waals surface area (Å²) in [5, 5.41) is 23.6. The summed E-state index contributed by atoms with van der Waals surface area (Å²) in [6.45, 7) is 10.5. The van der Waals surface area contributed by atoms with Crippen molar-refractivity contribution in [1.82, 2.24) is 0 Å². The first-order chi connectivity index (χ1) is 16.9. The lowest BCUT2D eigenvalue weighted by Crippen LogP contribution is -2.27. The van der Waals surface area contributed by atoms with E-state index < -0.39 is 23.4 Å². The first kappa shape index (κ1) is 32.7. The van der Waals surface area contributed by atoms with Crippen molar-refractivity contribution in [3.05, 3.63) is 44.4 Å². The van der Waals surface area contributed by atoms with Crippen LogP contribution >= 0.6 is 46.4 Å². The molecule has 0 atom stereocenters. The zero-order valence-electron chi connectivity index (χ0n) is 21.2. The van der Waals surface area contributed by atoms with Crippen LogP contribution in [0.3, 0.4) is 0 Å². The molecular weight excluding hydrogens is 570 g/mol. The van der Waals surface area contributed by atoms with Crippen LogP contribution in [0.4, 0.5) is 21.0 Å². The van der Waals surface area contributed by atoms with Gasteiger partial charge in [-0.25, -0.2) is 9.59 Å². The Morgan fingerprint density at radius 2 is 1.11 bits per heavy atom. The van der Waals surface area contributed by atoms with Gasteiger partial charge in [0.15, 0.2) is 11.5 Å². The molecule has 4 N–H and O–H groups in total. The van der Waals surface area contributed by atoms with E-state index in [0.29, 0.717) is 11.4 Å². The lowest BCUT2D eigenvalue weighted by atomic mass is 10.2. The Labute approximate surface area is 235 Å². The molecule has 2 amide bonds. The molecule has 0 bridgehead atoms. The average molecular weight is 600 g/mol. The van der Waals surface area contributed by atoms with Crippen LogP contribution in [-0.4, -0.2) is 46.8 Å². The summed E-state index contributed by atoms with van der Waals surface area (Å²) in [5.74, 6) is 0.0418. The molecule has 0 heterocycles. The van der Waals surface area contributed by atoms with E-state index in [1.807, 2.05) is 0 Å². The van der Waals surface area contributed by atoms with Gasteiger partial charge >= 0.3 is 12.2 Å². The molecule has 13 heteroatoms. The molecule has 0 radical (unpaired) electrons. The summed E-state index contributed by atoms with van der Waals surface area (Å²) < 4.78 is 15.4. The number of hydrogen-bond acceptors (Lipinski definition) is 7. The first-order valence-corrected chi connectivity index (χ1v) is 12.3. The maximum absolute atomic E-state index is 11.6. The molecule has 9 nitrogen and oxygen atoms in total. The van der Waals surface area contributed by atoms with Crippen molar-refractivity contribution in [3.63, 3.8) is 0 Å². The number of phenolic OH excluding ortho intramolecular Hbond substituents is 1. The number of amides is 2. The predicted octanol–water partition coefficient (Wildman–Crippen LogP) is 7.76. The molecule has 2 aromatic carbocycles. The van der Waals surface area contributed by atoms with E-state index in [1.165, 1.54) is 24.3 Å². The van der Waals surface area contributed by atoms with Crippen molar-refractivity contribution in [2.45, 2.75) is 52.7 Å². The number of hydrogen-bond donors (Lipinski definition) is 4. The summed E-state index contributed by atoms with van der Waals surface area (Å²) in [6, 6.07) is 5.74. The van der Waals surface area contributed by atoms with Crippen molar-refractivity contribution >= 4 is 70.0 Å². The van der Waals surface area contributed by atoms with Gasteiger partial charge in [-0.05, 0) is 65.8 Å². The number of rotatable bonds is 5. The lowest BCUT2D eigenvalue weighted by Gasteiger charge is -2.20. The van der Waals surface area contributed by atoms with Gasteiger partial charge in [0.1, 0.15) is 17.8 Å². The van der Waals surface area contributed by atoms with Gasteiger partial charge < -0.3 is 24.4 Å². The highest BCUT2D eigenvalue weighted by Crippen LogP contribution is 2.36. The van der Waals surface area contributed by atoms with Gasteiger partial charge in [0.25, 0.3) is 0 Å². The summed E-state index contributed by atoms with van der Waals surface area (Å²) >= 11 is 23.4. The van der Waals surface area contributed by atoms with Crippen molar-refractivity contribution in [3.8, 4) is 11.5 Å². The summed E-state index contributed by atoms with van der Waals surface area (Å²) in [5.41, 5.74) is -0.436. The number of carbonyl (C=O) groups excluding carboxylic acids is 2. The van der Waals surface area contributed by atoms with Crippen LogP contribution in [0.1, 0.15) is 41.5 Å². The second-order valence-electron chi connectivity index (χ2n) is 9.38.